The lowest BCUT2D eigenvalue weighted by Gasteiger charge is -2.13. The first-order valence-corrected chi connectivity index (χ1v) is 4.00. The fraction of sp³-hybridized carbons (Fsp3) is 0.250. The molecule has 1 unspecified atom stereocenters. The summed E-state index contributed by atoms with van der Waals surface area (Å²) in [5, 5.41) is -0.433. The maximum Gasteiger partial charge on any atom is 0.257 e. The average molecular weight is 228 g/mol. The molecule has 0 aliphatic carbocycles. The molecule has 0 amide bonds. The standard InChI is InChI=1S/C8H6ClF4N/c9-3-1-2-4(10)5(6(3)11)7(14)8(12)13/h1-2,7-8H,14H2. The van der Waals surface area contributed by atoms with Crippen molar-refractivity contribution in [1.82, 2.24) is 0 Å². The zero-order chi connectivity index (χ0) is 10.9. The van der Waals surface area contributed by atoms with Crippen LogP contribution < -0.4 is 5.73 Å². The molecule has 0 spiro atoms. The highest BCUT2D eigenvalue weighted by Gasteiger charge is 2.25. The number of halogens is 5. The predicted octanol–water partition coefficient (Wildman–Crippen LogP) is 2.88. The highest BCUT2D eigenvalue weighted by Crippen LogP contribution is 2.28. The van der Waals surface area contributed by atoms with Gasteiger partial charge in [0.2, 0.25) is 0 Å². The van der Waals surface area contributed by atoms with Crippen LogP contribution in [0.1, 0.15) is 11.6 Å². The summed E-state index contributed by atoms with van der Waals surface area (Å²) in [4.78, 5) is 0. The van der Waals surface area contributed by atoms with Gasteiger partial charge in [-0.15, -0.1) is 0 Å². The molecule has 0 fully saturated rings. The topological polar surface area (TPSA) is 26.0 Å². The van der Waals surface area contributed by atoms with Gasteiger partial charge in [0.15, 0.2) is 0 Å². The van der Waals surface area contributed by atoms with Crippen molar-refractivity contribution in [3.8, 4) is 0 Å². The Labute approximate surface area is 82.5 Å². The summed E-state index contributed by atoms with van der Waals surface area (Å²) in [6.45, 7) is 0. The highest BCUT2D eigenvalue weighted by molar-refractivity contribution is 6.30. The van der Waals surface area contributed by atoms with Gasteiger partial charge in [-0.25, -0.2) is 17.6 Å². The first kappa shape index (κ1) is 11.3. The van der Waals surface area contributed by atoms with E-state index in [2.05, 4.69) is 0 Å². The van der Waals surface area contributed by atoms with Crippen molar-refractivity contribution in [2.24, 2.45) is 5.73 Å². The molecule has 0 radical (unpaired) electrons. The third-order valence-electron chi connectivity index (χ3n) is 1.68. The van der Waals surface area contributed by atoms with Crippen LogP contribution in [0, 0.1) is 11.6 Å². The monoisotopic (exact) mass is 227 g/mol. The minimum atomic E-state index is -3.04. The Morgan fingerprint density at radius 2 is 1.79 bits per heavy atom. The SMILES string of the molecule is NC(c1c(F)ccc(Cl)c1F)C(F)F. The van der Waals surface area contributed by atoms with Gasteiger partial charge in [0.25, 0.3) is 6.43 Å². The third kappa shape index (κ3) is 1.99. The van der Waals surface area contributed by atoms with Crippen molar-refractivity contribution in [2.75, 3.05) is 0 Å². The summed E-state index contributed by atoms with van der Waals surface area (Å²) in [5.41, 5.74) is 4.04. The Bertz CT molecular complexity index is 342. The van der Waals surface area contributed by atoms with Crippen LogP contribution in [0.4, 0.5) is 17.6 Å². The van der Waals surface area contributed by atoms with E-state index < -0.39 is 34.7 Å². The van der Waals surface area contributed by atoms with Crippen molar-refractivity contribution >= 4 is 11.6 Å². The second-order valence-electron chi connectivity index (χ2n) is 2.62. The molecule has 1 aromatic rings. The summed E-state index contributed by atoms with van der Waals surface area (Å²) < 4.78 is 50.2. The molecule has 0 aromatic heterocycles. The Balaban J connectivity index is 3.25. The van der Waals surface area contributed by atoms with Crippen molar-refractivity contribution in [2.45, 2.75) is 12.5 Å². The van der Waals surface area contributed by atoms with Gasteiger partial charge in [-0.2, -0.15) is 0 Å². The lowest BCUT2D eigenvalue weighted by molar-refractivity contribution is 0.113. The van der Waals surface area contributed by atoms with E-state index in [0.29, 0.717) is 0 Å². The first-order chi connectivity index (χ1) is 6.45. The summed E-state index contributed by atoms with van der Waals surface area (Å²) >= 11 is 5.29. The summed E-state index contributed by atoms with van der Waals surface area (Å²) in [6.07, 6.45) is -3.04. The molecule has 0 saturated heterocycles. The van der Waals surface area contributed by atoms with E-state index in [4.69, 9.17) is 17.3 Å². The second-order valence-corrected chi connectivity index (χ2v) is 3.02. The number of hydrogen-bond acceptors (Lipinski definition) is 1. The number of benzene rings is 1. The Hall–Kier alpha value is -0.810. The van der Waals surface area contributed by atoms with Gasteiger partial charge in [0.05, 0.1) is 11.1 Å². The van der Waals surface area contributed by atoms with E-state index >= 15 is 0 Å². The van der Waals surface area contributed by atoms with E-state index in [1.165, 1.54) is 0 Å². The normalized spacial score (nSPS) is 13.4. The maximum atomic E-state index is 13.1. The van der Waals surface area contributed by atoms with Crippen molar-refractivity contribution < 1.29 is 17.6 Å². The molecule has 2 N–H and O–H groups in total. The molecule has 6 heteroatoms. The molecule has 0 heterocycles. The zero-order valence-corrected chi connectivity index (χ0v) is 7.53. The largest absolute Gasteiger partial charge is 0.319 e. The van der Waals surface area contributed by atoms with Crippen LogP contribution in [0.2, 0.25) is 5.02 Å². The molecule has 1 aromatic carbocycles. The van der Waals surface area contributed by atoms with Crippen molar-refractivity contribution in [1.29, 1.82) is 0 Å². The van der Waals surface area contributed by atoms with Crippen LogP contribution in [0.5, 0.6) is 0 Å². The molecule has 14 heavy (non-hydrogen) atoms. The van der Waals surface area contributed by atoms with Crippen LogP contribution in [0.3, 0.4) is 0 Å². The van der Waals surface area contributed by atoms with E-state index in [-0.39, 0.29) is 0 Å². The molecule has 78 valence electrons. The average Bonchev–Trinajstić information content (AvgIpc) is 2.12. The Morgan fingerprint density at radius 1 is 1.21 bits per heavy atom. The number of rotatable bonds is 2. The molecule has 0 bridgehead atoms. The fourth-order valence-corrected chi connectivity index (χ4v) is 1.14. The summed E-state index contributed by atoms with van der Waals surface area (Å²) in [7, 11) is 0. The van der Waals surface area contributed by atoms with Gasteiger partial charge >= 0.3 is 0 Å². The van der Waals surface area contributed by atoms with E-state index in [9.17, 15) is 17.6 Å². The van der Waals surface area contributed by atoms with Crippen molar-refractivity contribution in [3.05, 3.63) is 34.4 Å². The lowest BCUT2D eigenvalue weighted by Crippen LogP contribution is -2.21. The van der Waals surface area contributed by atoms with Gasteiger partial charge in [0.1, 0.15) is 11.6 Å². The molecule has 1 nitrogen and oxygen atoms in total. The van der Waals surface area contributed by atoms with Gasteiger partial charge in [-0.1, -0.05) is 11.6 Å². The van der Waals surface area contributed by atoms with Gasteiger partial charge in [-0.3, -0.25) is 0 Å². The molecule has 0 aliphatic heterocycles. The van der Waals surface area contributed by atoms with Crippen molar-refractivity contribution in [3.63, 3.8) is 0 Å². The Morgan fingerprint density at radius 3 is 2.29 bits per heavy atom. The molecule has 1 atom stereocenters. The highest BCUT2D eigenvalue weighted by atomic mass is 35.5. The summed E-state index contributed by atoms with van der Waals surface area (Å²) in [6, 6.07) is -0.273. The number of nitrogens with two attached hydrogens (primary N) is 1. The zero-order valence-electron chi connectivity index (χ0n) is 6.78. The Kier molecular flexibility index (Phi) is 3.34. The quantitative estimate of drug-likeness (QED) is 0.610. The number of hydrogen-bond donors (Lipinski definition) is 1. The molecule has 0 saturated carbocycles. The van der Waals surface area contributed by atoms with Crippen LogP contribution in [0.25, 0.3) is 0 Å². The number of alkyl halides is 2. The van der Waals surface area contributed by atoms with Crippen LogP contribution in [-0.2, 0) is 0 Å². The van der Waals surface area contributed by atoms with Crippen LogP contribution >= 0.6 is 11.6 Å². The fourth-order valence-electron chi connectivity index (χ4n) is 0.974. The van der Waals surface area contributed by atoms with E-state index in [1.54, 1.807) is 0 Å². The second kappa shape index (κ2) is 4.14. The van der Waals surface area contributed by atoms with Gasteiger partial charge in [-0.05, 0) is 12.1 Å². The first-order valence-electron chi connectivity index (χ1n) is 3.62. The van der Waals surface area contributed by atoms with Gasteiger partial charge < -0.3 is 5.73 Å². The van der Waals surface area contributed by atoms with E-state index in [1.807, 2.05) is 0 Å². The predicted molar refractivity (Wildman–Crippen MR) is 44.3 cm³/mol. The van der Waals surface area contributed by atoms with Gasteiger partial charge in [0, 0.05) is 5.56 Å². The molecular formula is C8H6ClF4N. The smallest absolute Gasteiger partial charge is 0.257 e. The van der Waals surface area contributed by atoms with Crippen LogP contribution in [0.15, 0.2) is 12.1 Å². The molecule has 0 aliphatic rings. The summed E-state index contributed by atoms with van der Waals surface area (Å²) in [5.74, 6) is -2.36. The minimum Gasteiger partial charge on any atom is -0.319 e. The molecule has 1 rings (SSSR count). The van der Waals surface area contributed by atoms with Crippen LogP contribution in [-0.4, -0.2) is 6.43 Å². The third-order valence-corrected chi connectivity index (χ3v) is 1.98. The minimum absolute atomic E-state index is 0.433. The molecular weight excluding hydrogens is 222 g/mol. The van der Waals surface area contributed by atoms with E-state index in [0.717, 1.165) is 12.1 Å². The maximum absolute atomic E-state index is 13.1. The lowest BCUT2D eigenvalue weighted by atomic mass is 10.1.